The molecular weight excluding hydrogens is 194 g/mol. The molecule has 1 rings (SSSR count). The van der Waals surface area contributed by atoms with Crippen molar-refractivity contribution < 1.29 is 14.3 Å². The second-order valence-electron chi connectivity index (χ2n) is 2.21. The van der Waals surface area contributed by atoms with Gasteiger partial charge in [0, 0.05) is 12.1 Å². The zero-order valence-corrected chi connectivity index (χ0v) is 7.96. The minimum Gasteiger partial charge on any atom is -0.496 e. The molecule has 0 spiro atoms. The molecule has 13 heavy (non-hydrogen) atoms. The van der Waals surface area contributed by atoms with E-state index in [1.54, 1.807) is 6.07 Å². The van der Waals surface area contributed by atoms with Crippen molar-refractivity contribution in [2.45, 2.75) is 0 Å². The average molecular weight is 202 g/mol. The molecule has 0 bridgehead atoms. The van der Waals surface area contributed by atoms with E-state index in [4.69, 9.17) is 21.1 Å². The maximum atomic E-state index is 10.8. The van der Waals surface area contributed by atoms with Crippen molar-refractivity contribution in [3.05, 3.63) is 17.8 Å². The molecule has 0 saturated carbocycles. The third kappa shape index (κ3) is 2.32. The summed E-state index contributed by atoms with van der Waals surface area (Å²) in [5, 5.41) is -0.641. The van der Waals surface area contributed by atoms with E-state index in [1.807, 2.05) is 0 Å². The monoisotopic (exact) mass is 201 g/mol. The number of pyridine rings is 1. The van der Waals surface area contributed by atoms with Crippen molar-refractivity contribution in [3.8, 4) is 11.6 Å². The molecule has 0 N–H and O–H groups in total. The summed E-state index contributed by atoms with van der Waals surface area (Å²) in [6.45, 7) is 0. The van der Waals surface area contributed by atoms with Gasteiger partial charge in [-0.2, -0.15) is 0 Å². The summed E-state index contributed by atoms with van der Waals surface area (Å²) in [5.41, 5.74) is 0.109. The Labute approximate surface area is 80.4 Å². The molecule has 0 aromatic carbocycles. The number of carbonyl (C=O) groups excluding carboxylic acids is 1. The van der Waals surface area contributed by atoms with Gasteiger partial charge in [-0.05, 0) is 11.6 Å². The highest BCUT2D eigenvalue weighted by Crippen LogP contribution is 2.19. The Bertz CT molecular complexity index is 305. The van der Waals surface area contributed by atoms with Crippen LogP contribution in [0, 0.1) is 0 Å². The molecule has 0 aliphatic rings. The van der Waals surface area contributed by atoms with E-state index in [-0.39, 0.29) is 5.69 Å². The summed E-state index contributed by atoms with van der Waals surface area (Å²) in [7, 11) is 2.93. The Morgan fingerprint density at radius 3 is 2.54 bits per heavy atom. The van der Waals surface area contributed by atoms with Gasteiger partial charge in [0.25, 0.3) is 5.24 Å². The summed E-state index contributed by atoms with van der Waals surface area (Å²) >= 11 is 5.25. The third-order valence-corrected chi connectivity index (χ3v) is 1.62. The largest absolute Gasteiger partial charge is 0.496 e. The summed E-state index contributed by atoms with van der Waals surface area (Å²) in [6, 6.07) is 3.00. The van der Waals surface area contributed by atoms with Crippen LogP contribution in [0.3, 0.4) is 0 Å². The number of methoxy groups -OCH3 is 2. The van der Waals surface area contributed by atoms with Gasteiger partial charge in [0.05, 0.1) is 14.2 Å². The number of hydrogen-bond donors (Lipinski definition) is 0. The zero-order valence-electron chi connectivity index (χ0n) is 7.20. The molecule has 1 aromatic heterocycles. The van der Waals surface area contributed by atoms with Gasteiger partial charge in [-0.15, -0.1) is 0 Å². The first-order valence-electron chi connectivity index (χ1n) is 3.47. The lowest BCUT2D eigenvalue weighted by molar-refractivity contribution is 0.107. The van der Waals surface area contributed by atoms with Crippen LogP contribution >= 0.6 is 11.6 Å². The molecule has 0 radical (unpaired) electrons. The van der Waals surface area contributed by atoms with Crippen LogP contribution in [0.1, 0.15) is 10.5 Å². The molecule has 1 aromatic rings. The third-order valence-electron chi connectivity index (χ3n) is 1.42. The molecule has 5 heteroatoms. The Kier molecular flexibility index (Phi) is 3.08. The Morgan fingerprint density at radius 2 is 2.08 bits per heavy atom. The molecule has 4 nitrogen and oxygen atoms in total. The SMILES string of the molecule is COc1cc(OC)nc(C(=O)Cl)c1. The summed E-state index contributed by atoms with van der Waals surface area (Å²) in [5.74, 6) is 0.777. The summed E-state index contributed by atoms with van der Waals surface area (Å²) in [6.07, 6.45) is 0. The van der Waals surface area contributed by atoms with Crippen LogP contribution in [0.2, 0.25) is 0 Å². The van der Waals surface area contributed by atoms with Crippen LogP contribution in [-0.4, -0.2) is 24.4 Å². The normalized spacial score (nSPS) is 9.46. The molecule has 0 fully saturated rings. The lowest BCUT2D eigenvalue weighted by Gasteiger charge is -2.04. The van der Waals surface area contributed by atoms with Gasteiger partial charge in [-0.1, -0.05) is 0 Å². The number of halogens is 1. The first kappa shape index (κ1) is 9.80. The second kappa shape index (κ2) is 4.09. The van der Waals surface area contributed by atoms with E-state index in [0.717, 1.165) is 0 Å². The summed E-state index contributed by atoms with van der Waals surface area (Å²) < 4.78 is 9.76. The van der Waals surface area contributed by atoms with E-state index in [1.165, 1.54) is 20.3 Å². The van der Waals surface area contributed by atoms with Crippen LogP contribution in [0.4, 0.5) is 0 Å². The van der Waals surface area contributed by atoms with Crippen molar-refractivity contribution in [1.82, 2.24) is 4.98 Å². The molecule has 1 heterocycles. The smallest absolute Gasteiger partial charge is 0.271 e. The van der Waals surface area contributed by atoms with Crippen LogP contribution in [-0.2, 0) is 0 Å². The van der Waals surface area contributed by atoms with Crippen LogP contribution in [0.5, 0.6) is 11.6 Å². The number of hydrogen-bond acceptors (Lipinski definition) is 4. The van der Waals surface area contributed by atoms with E-state index in [9.17, 15) is 4.79 Å². The number of carbonyl (C=O) groups is 1. The van der Waals surface area contributed by atoms with Gasteiger partial charge in [0.2, 0.25) is 5.88 Å². The quantitative estimate of drug-likeness (QED) is 0.695. The predicted molar refractivity (Wildman–Crippen MR) is 47.5 cm³/mol. The fraction of sp³-hybridized carbons (Fsp3) is 0.250. The Morgan fingerprint density at radius 1 is 1.38 bits per heavy atom. The van der Waals surface area contributed by atoms with E-state index >= 15 is 0 Å². The first-order valence-corrected chi connectivity index (χ1v) is 3.85. The van der Waals surface area contributed by atoms with Gasteiger partial charge in [-0.3, -0.25) is 4.79 Å². The average Bonchev–Trinajstić information content (AvgIpc) is 2.16. The van der Waals surface area contributed by atoms with E-state index in [0.29, 0.717) is 11.6 Å². The van der Waals surface area contributed by atoms with Crippen LogP contribution in [0.25, 0.3) is 0 Å². The molecule has 70 valence electrons. The van der Waals surface area contributed by atoms with Crippen LogP contribution < -0.4 is 9.47 Å². The Balaban J connectivity index is 3.14. The number of ether oxygens (including phenoxy) is 2. The van der Waals surface area contributed by atoms with Crippen molar-refractivity contribution in [2.75, 3.05) is 14.2 Å². The lowest BCUT2D eigenvalue weighted by atomic mass is 10.3. The standard InChI is InChI=1S/C8H8ClNO3/c1-12-5-3-6(8(9)11)10-7(4-5)13-2/h3-4H,1-2H3. The molecule has 0 aliphatic carbocycles. The molecular formula is C8H8ClNO3. The van der Waals surface area contributed by atoms with Crippen molar-refractivity contribution in [1.29, 1.82) is 0 Å². The lowest BCUT2D eigenvalue weighted by Crippen LogP contribution is -1.98. The highest BCUT2D eigenvalue weighted by Gasteiger charge is 2.08. The molecule has 0 saturated heterocycles. The number of nitrogens with zero attached hydrogens (tertiary/aromatic N) is 1. The highest BCUT2D eigenvalue weighted by atomic mass is 35.5. The number of aromatic nitrogens is 1. The van der Waals surface area contributed by atoms with Gasteiger partial charge in [0.1, 0.15) is 11.4 Å². The maximum Gasteiger partial charge on any atom is 0.271 e. The van der Waals surface area contributed by atoms with Crippen molar-refractivity contribution in [2.24, 2.45) is 0 Å². The maximum absolute atomic E-state index is 10.8. The molecule has 0 amide bonds. The van der Waals surface area contributed by atoms with Gasteiger partial charge >= 0.3 is 0 Å². The van der Waals surface area contributed by atoms with E-state index in [2.05, 4.69) is 4.98 Å². The molecule has 0 aliphatic heterocycles. The molecule has 0 unspecified atom stereocenters. The summed E-state index contributed by atoms with van der Waals surface area (Å²) in [4.78, 5) is 14.6. The van der Waals surface area contributed by atoms with Gasteiger partial charge in [0.15, 0.2) is 0 Å². The highest BCUT2D eigenvalue weighted by molar-refractivity contribution is 6.67. The van der Waals surface area contributed by atoms with Gasteiger partial charge in [-0.25, -0.2) is 4.98 Å². The van der Waals surface area contributed by atoms with Crippen molar-refractivity contribution >= 4 is 16.8 Å². The second-order valence-corrected chi connectivity index (χ2v) is 2.55. The van der Waals surface area contributed by atoms with Crippen molar-refractivity contribution in [3.63, 3.8) is 0 Å². The minimum absolute atomic E-state index is 0.109. The first-order chi connectivity index (χ1) is 6.17. The van der Waals surface area contributed by atoms with Gasteiger partial charge < -0.3 is 9.47 Å². The minimum atomic E-state index is -0.641. The topological polar surface area (TPSA) is 48.4 Å². The fourth-order valence-electron chi connectivity index (χ4n) is 0.804. The fourth-order valence-corrected chi connectivity index (χ4v) is 0.901. The van der Waals surface area contributed by atoms with E-state index < -0.39 is 5.24 Å². The Hall–Kier alpha value is -1.29. The zero-order chi connectivity index (χ0) is 9.84. The molecule has 0 atom stereocenters. The van der Waals surface area contributed by atoms with Crippen LogP contribution in [0.15, 0.2) is 12.1 Å². The number of rotatable bonds is 3. The predicted octanol–water partition coefficient (Wildman–Crippen LogP) is 1.48.